The Kier molecular flexibility index (Phi) is 7.40. The number of aromatic nitrogens is 1. The third-order valence-electron chi connectivity index (χ3n) is 11.6. The molecule has 0 bridgehead atoms. The monoisotopic (exact) mass is 758 g/mol. The molecule has 0 saturated carbocycles. The Bertz CT molecular complexity index is 3500. The van der Waals surface area contributed by atoms with Gasteiger partial charge in [-0.2, -0.15) is 0 Å². The van der Waals surface area contributed by atoms with Gasteiger partial charge < -0.3 is 13.9 Å². The maximum atomic E-state index is 6.71. The number of fused-ring (bicyclic) bond motifs is 9. The van der Waals surface area contributed by atoms with Crippen molar-refractivity contribution in [2.24, 2.45) is 0 Å². The van der Waals surface area contributed by atoms with E-state index in [1.165, 1.54) is 64.2 Å². The lowest BCUT2D eigenvalue weighted by Crippen LogP contribution is -2.10. The maximum Gasteiger partial charge on any atom is 0.159 e. The molecule has 9 aromatic carbocycles. The predicted molar refractivity (Wildman–Crippen MR) is 247 cm³/mol. The van der Waals surface area contributed by atoms with Crippen LogP contribution in [0.2, 0.25) is 0 Å². The highest BCUT2D eigenvalue weighted by Crippen LogP contribution is 2.48. The van der Waals surface area contributed by atoms with Crippen LogP contribution in [0, 0.1) is 0 Å². The molecule has 0 aliphatic carbocycles. The van der Waals surface area contributed by atoms with Crippen molar-refractivity contribution in [1.82, 2.24) is 4.57 Å². The lowest BCUT2D eigenvalue weighted by Gasteiger charge is -2.26. The molecule has 272 valence electrons. The molecule has 0 unspecified atom stereocenters. The highest BCUT2D eigenvalue weighted by molar-refractivity contribution is 7.26. The van der Waals surface area contributed by atoms with Gasteiger partial charge in [0.1, 0.15) is 5.58 Å². The summed E-state index contributed by atoms with van der Waals surface area (Å²) in [6.45, 7) is 0. The van der Waals surface area contributed by atoms with Crippen molar-refractivity contribution in [3.8, 4) is 27.9 Å². The van der Waals surface area contributed by atoms with E-state index in [-0.39, 0.29) is 0 Å². The number of hydrogen-bond acceptors (Lipinski definition) is 3. The van der Waals surface area contributed by atoms with E-state index in [1.807, 2.05) is 17.4 Å². The summed E-state index contributed by atoms with van der Waals surface area (Å²) in [4.78, 5) is 2.39. The van der Waals surface area contributed by atoms with Crippen LogP contribution in [0.4, 0.5) is 17.1 Å². The molecule has 0 radical (unpaired) electrons. The van der Waals surface area contributed by atoms with Gasteiger partial charge in [0.15, 0.2) is 5.58 Å². The third kappa shape index (κ3) is 5.12. The van der Waals surface area contributed by atoms with Crippen LogP contribution in [-0.4, -0.2) is 4.57 Å². The van der Waals surface area contributed by atoms with Crippen molar-refractivity contribution in [2.75, 3.05) is 4.90 Å². The number of anilines is 3. The van der Waals surface area contributed by atoms with E-state index in [0.29, 0.717) is 0 Å². The fourth-order valence-corrected chi connectivity index (χ4v) is 10.0. The highest BCUT2D eigenvalue weighted by Gasteiger charge is 2.23. The van der Waals surface area contributed by atoms with Gasteiger partial charge >= 0.3 is 0 Å². The topological polar surface area (TPSA) is 21.3 Å². The molecule has 0 amide bonds. The minimum absolute atomic E-state index is 0.871. The standard InChI is InChI=1S/C54H34N2OS/c1-3-13-35(14-4-1)36-25-29-40(30-26-36)56(49-22-11-19-43-42-18-8-10-23-50(42)57-54(43)49)48-21-12-24-52-53(48)45-34-38(28-32-51(45)58-52)37-27-31-47-44(33-37)41-17-7-9-20-46(41)55(47)39-15-5-2-6-16-39/h1-34H. The van der Waals surface area contributed by atoms with Crippen molar-refractivity contribution in [1.29, 1.82) is 0 Å². The first-order valence-corrected chi connectivity index (χ1v) is 20.5. The van der Waals surface area contributed by atoms with Crippen LogP contribution in [0.25, 0.3) is 91.9 Å². The highest BCUT2D eigenvalue weighted by atomic mass is 32.1. The number of benzene rings is 9. The first kappa shape index (κ1) is 32.8. The molecule has 12 aromatic rings. The van der Waals surface area contributed by atoms with Crippen LogP contribution < -0.4 is 4.90 Å². The number of hydrogen-bond donors (Lipinski definition) is 0. The van der Waals surface area contributed by atoms with E-state index in [2.05, 4.69) is 210 Å². The Labute approximate surface area is 338 Å². The Morgan fingerprint density at radius 1 is 0.397 bits per heavy atom. The predicted octanol–water partition coefficient (Wildman–Crippen LogP) is 15.9. The van der Waals surface area contributed by atoms with Gasteiger partial charge in [-0.1, -0.05) is 127 Å². The quantitative estimate of drug-likeness (QED) is 0.168. The largest absolute Gasteiger partial charge is 0.454 e. The summed E-state index contributed by atoms with van der Waals surface area (Å²) in [5.74, 6) is 0. The van der Waals surface area contributed by atoms with Crippen LogP contribution in [0.5, 0.6) is 0 Å². The molecule has 0 aliphatic heterocycles. The summed E-state index contributed by atoms with van der Waals surface area (Å²) >= 11 is 1.85. The lowest BCUT2D eigenvalue weighted by atomic mass is 9.99. The summed E-state index contributed by atoms with van der Waals surface area (Å²) in [6.07, 6.45) is 0. The minimum Gasteiger partial charge on any atom is -0.454 e. The number of rotatable bonds is 6. The van der Waals surface area contributed by atoms with Crippen molar-refractivity contribution < 1.29 is 4.42 Å². The SMILES string of the molecule is c1ccc(-c2ccc(N(c3cccc4c3oc3ccccc34)c3cccc4sc5ccc(-c6ccc7c(c6)c6ccccc6n7-c6ccccc6)cc5c34)cc2)cc1. The minimum atomic E-state index is 0.871. The molecule has 12 rings (SSSR count). The zero-order valence-corrected chi connectivity index (χ0v) is 32.2. The van der Waals surface area contributed by atoms with Gasteiger partial charge in [0.25, 0.3) is 0 Å². The molecule has 0 atom stereocenters. The van der Waals surface area contributed by atoms with Crippen LogP contribution in [-0.2, 0) is 0 Å². The second-order valence-corrected chi connectivity index (χ2v) is 16.0. The lowest BCUT2D eigenvalue weighted by molar-refractivity contribution is 0.669. The van der Waals surface area contributed by atoms with Crippen LogP contribution in [0.3, 0.4) is 0 Å². The molecule has 3 heterocycles. The zero-order valence-electron chi connectivity index (χ0n) is 31.3. The van der Waals surface area contributed by atoms with Crippen LogP contribution in [0.15, 0.2) is 211 Å². The number of nitrogens with zero attached hydrogens (tertiary/aromatic N) is 2. The molecular weight excluding hydrogens is 725 g/mol. The second-order valence-electron chi connectivity index (χ2n) is 14.9. The number of furan rings is 1. The second kappa shape index (κ2) is 13.1. The Hall–Kier alpha value is -7.40. The smallest absolute Gasteiger partial charge is 0.159 e. The Morgan fingerprint density at radius 2 is 1.02 bits per heavy atom. The average Bonchev–Trinajstić information content (AvgIpc) is 3.97. The van der Waals surface area contributed by atoms with E-state index in [9.17, 15) is 0 Å². The van der Waals surface area contributed by atoms with Crippen molar-refractivity contribution in [3.05, 3.63) is 206 Å². The molecule has 4 heteroatoms. The summed E-state index contributed by atoms with van der Waals surface area (Å²) < 4.78 is 11.6. The fraction of sp³-hybridized carbons (Fsp3) is 0. The average molecular weight is 759 g/mol. The van der Waals surface area contributed by atoms with Crippen molar-refractivity contribution >= 4 is 92.3 Å². The summed E-state index contributed by atoms with van der Waals surface area (Å²) in [6, 6.07) is 74.4. The van der Waals surface area contributed by atoms with Crippen molar-refractivity contribution in [3.63, 3.8) is 0 Å². The van der Waals surface area contributed by atoms with Gasteiger partial charge in [-0.3, -0.25) is 0 Å². The molecule has 0 saturated heterocycles. The van der Waals surface area contributed by atoms with E-state index in [0.717, 1.165) is 44.7 Å². The molecule has 0 aliphatic rings. The normalized spacial score (nSPS) is 11.8. The first-order valence-electron chi connectivity index (χ1n) is 19.7. The summed E-state index contributed by atoms with van der Waals surface area (Å²) in [5, 5.41) is 7.19. The van der Waals surface area contributed by atoms with Gasteiger partial charge in [0, 0.05) is 53.1 Å². The first-order chi connectivity index (χ1) is 28.8. The van der Waals surface area contributed by atoms with Gasteiger partial charge in [-0.25, -0.2) is 0 Å². The Morgan fingerprint density at radius 3 is 1.86 bits per heavy atom. The molecule has 58 heavy (non-hydrogen) atoms. The van der Waals surface area contributed by atoms with Crippen molar-refractivity contribution in [2.45, 2.75) is 0 Å². The van der Waals surface area contributed by atoms with Crippen LogP contribution >= 0.6 is 11.3 Å². The molecule has 0 N–H and O–H groups in total. The summed E-state index contributed by atoms with van der Waals surface area (Å²) in [7, 11) is 0. The van der Waals surface area contributed by atoms with Gasteiger partial charge in [0.05, 0.1) is 22.4 Å². The third-order valence-corrected chi connectivity index (χ3v) is 12.7. The van der Waals surface area contributed by atoms with E-state index < -0.39 is 0 Å². The molecule has 3 nitrogen and oxygen atoms in total. The van der Waals surface area contributed by atoms with Crippen LogP contribution in [0.1, 0.15) is 0 Å². The zero-order chi connectivity index (χ0) is 38.2. The maximum absolute atomic E-state index is 6.71. The van der Waals surface area contributed by atoms with E-state index in [4.69, 9.17) is 4.42 Å². The Balaban J connectivity index is 1.07. The number of thiophene rings is 1. The molecular formula is C54H34N2OS. The fourth-order valence-electron chi connectivity index (χ4n) is 8.93. The molecule has 0 fully saturated rings. The van der Waals surface area contributed by atoms with E-state index in [1.54, 1.807) is 0 Å². The van der Waals surface area contributed by atoms with Gasteiger partial charge in [-0.05, 0) is 101 Å². The van der Waals surface area contributed by atoms with Gasteiger partial charge in [0.2, 0.25) is 0 Å². The van der Waals surface area contributed by atoms with Gasteiger partial charge in [-0.15, -0.1) is 11.3 Å². The summed E-state index contributed by atoms with van der Waals surface area (Å²) in [5.41, 5.74) is 13.3. The molecule has 0 spiro atoms. The number of para-hydroxylation sites is 4. The van der Waals surface area contributed by atoms with E-state index >= 15 is 0 Å². The molecule has 3 aromatic heterocycles.